The number of unbranched alkanes of at least 4 members (excludes halogenated alkanes) is 6. The van der Waals surface area contributed by atoms with Crippen molar-refractivity contribution in [1.82, 2.24) is 0 Å². The van der Waals surface area contributed by atoms with E-state index in [9.17, 15) is 4.39 Å². The van der Waals surface area contributed by atoms with Gasteiger partial charge in [0.1, 0.15) is 0 Å². The molecule has 33 heavy (non-hydrogen) atoms. The maximum Gasteiger partial charge on any atom is 0.198 e. The lowest BCUT2D eigenvalue weighted by atomic mass is 9.76. The van der Waals surface area contributed by atoms with Gasteiger partial charge in [-0.15, -0.1) is 0 Å². The van der Waals surface area contributed by atoms with Crippen LogP contribution in [0, 0.1) is 16.4 Å². The molecule has 0 aliphatic heterocycles. The molecule has 4 rings (SSSR count). The van der Waals surface area contributed by atoms with Crippen LogP contribution in [0.3, 0.4) is 0 Å². The van der Waals surface area contributed by atoms with E-state index in [1.165, 1.54) is 82.6 Å². The summed E-state index contributed by atoms with van der Waals surface area (Å²) in [6.45, 7) is 4.24. The molecule has 1 saturated carbocycles. The molecule has 1 aliphatic carbocycles. The normalized spacial score (nSPS) is 18.9. The fourth-order valence-electron chi connectivity index (χ4n) is 5.72. The van der Waals surface area contributed by atoms with E-state index in [1.807, 2.05) is 19.1 Å². The number of hydrogen-bond acceptors (Lipinski definition) is 2. The van der Waals surface area contributed by atoms with Gasteiger partial charge < -0.3 is 4.42 Å². The third-order valence-electron chi connectivity index (χ3n) is 7.84. The summed E-state index contributed by atoms with van der Waals surface area (Å²) in [5.41, 5.74) is 2.33. The van der Waals surface area contributed by atoms with Gasteiger partial charge in [0.25, 0.3) is 0 Å². The molecule has 0 bridgehead atoms. The largest absolute Gasteiger partial charge is 0.441 e. The third-order valence-corrected chi connectivity index (χ3v) is 8.14. The van der Waals surface area contributed by atoms with Crippen LogP contribution in [-0.2, 0) is 6.42 Å². The van der Waals surface area contributed by atoms with Crippen LogP contribution in [0.15, 0.2) is 34.7 Å². The maximum atomic E-state index is 14.8. The van der Waals surface area contributed by atoms with Crippen LogP contribution in [0.2, 0.25) is 0 Å². The lowest BCUT2D eigenvalue weighted by molar-refractivity contribution is 0.302. The first kappa shape index (κ1) is 24.4. The zero-order valence-electron chi connectivity index (χ0n) is 20.4. The molecular weight excluding hydrogens is 427 g/mol. The summed E-state index contributed by atoms with van der Waals surface area (Å²) in [7, 11) is 0. The molecule has 1 nitrogen and oxygen atoms in total. The Morgan fingerprint density at radius 1 is 0.848 bits per heavy atom. The van der Waals surface area contributed by atoms with Crippen LogP contribution in [0.5, 0.6) is 0 Å². The molecule has 0 radical (unpaired) electrons. The van der Waals surface area contributed by atoms with Crippen molar-refractivity contribution in [3.8, 4) is 0 Å². The van der Waals surface area contributed by atoms with Crippen LogP contribution >= 0.6 is 12.2 Å². The average molecular weight is 467 g/mol. The highest BCUT2D eigenvalue weighted by atomic mass is 32.1. The molecule has 0 N–H and O–H groups in total. The van der Waals surface area contributed by atoms with Crippen molar-refractivity contribution in [1.29, 1.82) is 0 Å². The van der Waals surface area contributed by atoms with Crippen molar-refractivity contribution >= 4 is 34.0 Å². The van der Waals surface area contributed by atoms with E-state index in [0.29, 0.717) is 28.2 Å². The molecule has 3 aromatic rings. The maximum absolute atomic E-state index is 14.8. The number of rotatable bonds is 10. The summed E-state index contributed by atoms with van der Waals surface area (Å²) < 4.78 is 21.1. The number of fused-ring (bicyclic) bond motifs is 3. The summed E-state index contributed by atoms with van der Waals surface area (Å²) in [5.74, 6) is 1.23. The van der Waals surface area contributed by atoms with E-state index in [4.69, 9.17) is 16.6 Å². The Morgan fingerprint density at radius 2 is 1.55 bits per heavy atom. The minimum atomic E-state index is -0.272. The minimum absolute atomic E-state index is 0.272. The molecule has 178 valence electrons. The number of benzene rings is 2. The standard InChI is InChI=1S/C30H39FOS/c1-3-5-6-7-8-9-10-11-21-12-14-23(15-13-21)24-17-18-25-26-19-16-22(4-2)28(31)29(26)32-30(33)27(25)20-24/h16-21,23H,3-15H2,1-2H3. The highest BCUT2D eigenvalue weighted by Gasteiger charge is 2.23. The smallest absolute Gasteiger partial charge is 0.198 e. The Hall–Kier alpha value is -1.74. The van der Waals surface area contributed by atoms with Crippen LogP contribution < -0.4 is 0 Å². The van der Waals surface area contributed by atoms with Gasteiger partial charge in [0.15, 0.2) is 16.1 Å². The van der Waals surface area contributed by atoms with Gasteiger partial charge in [-0.1, -0.05) is 89.5 Å². The van der Waals surface area contributed by atoms with E-state index >= 15 is 0 Å². The fourth-order valence-corrected chi connectivity index (χ4v) is 5.98. The van der Waals surface area contributed by atoms with E-state index in [0.717, 1.165) is 22.1 Å². The van der Waals surface area contributed by atoms with E-state index in [1.54, 1.807) is 0 Å². The van der Waals surface area contributed by atoms with Gasteiger partial charge >= 0.3 is 0 Å². The molecule has 0 spiro atoms. The molecule has 2 aromatic carbocycles. The third kappa shape index (κ3) is 5.67. The van der Waals surface area contributed by atoms with E-state index in [2.05, 4.69) is 25.1 Å². The molecule has 0 saturated heterocycles. The first-order valence-corrected chi connectivity index (χ1v) is 13.7. The van der Waals surface area contributed by atoms with E-state index < -0.39 is 0 Å². The summed E-state index contributed by atoms with van der Waals surface area (Å²) in [4.78, 5) is 0. The van der Waals surface area contributed by atoms with Gasteiger partial charge in [-0.25, -0.2) is 4.39 Å². The summed E-state index contributed by atoms with van der Waals surface area (Å²) in [6, 6.07) is 10.4. The molecular formula is C30H39FOS. The van der Waals surface area contributed by atoms with Gasteiger partial charge in [0.05, 0.1) is 0 Å². The molecule has 1 heterocycles. The second kappa shape index (κ2) is 11.6. The zero-order chi connectivity index (χ0) is 23.2. The quantitative estimate of drug-likeness (QED) is 0.167. The molecule has 1 aromatic heterocycles. The van der Waals surface area contributed by atoms with Crippen molar-refractivity contribution in [3.63, 3.8) is 0 Å². The van der Waals surface area contributed by atoms with Gasteiger partial charge in [0.2, 0.25) is 0 Å². The van der Waals surface area contributed by atoms with Crippen molar-refractivity contribution in [2.45, 2.75) is 103 Å². The van der Waals surface area contributed by atoms with Gasteiger partial charge in [-0.3, -0.25) is 0 Å². The van der Waals surface area contributed by atoms with Gasteiger partial charge in [-0.05, 0) is 78.7 Å². The van der Waals surface area contributed by atoms with Crippen LogP contribution in [-0.4, -0.2) is 0 Å². The monoisotopic (exact) mass is 466 g/mol. The number of aryl methyl sites for hydroxylation is 1. The van der Waals surface area contributed by atoms with Crippen molar-refractivity contribution < 1.29 is 8.81 Å². The molecule has 1 aliphatic rings. The lowest BCUT2D eigenvalue weighted by Crippen LogP contribution is -2.13. The van der Waals surface area contributed by atoms with Crippen LogP contribution in [0.1, 0.15) is 108 Å². The van der Waals surface area contributed by atoms with Crippen molar-refractivity contribution in [2.24, 2.45) is 5.92 Å². The Bertz CT molecular complexity index is 1120. The van der Waals surface area contributed by atoms with Crippen LogP contribution in [0.25, 0.3) is 21.7 Å². The van der Waals surface area contributed by atoms with Crippen molar-refractivity contribution in [3.05, 3.63) is 52.0 Å². The number of halogens is 1. The SMILES string of the molecule is CCCCCCCCCC1CCC(c2ccc3c(c2)c(=S)oc2c(F)c(CC)ccc23)CC1. The molecule has 3 heteroatoms. The predicted molar refractivity (Wildman–Crippen MR) is 141 cm³/mol. The molecule has 0 unspecified atom stereocenters. The first-order valence-electron chi connectivity index (χ1n) is 13.3. The summed E-state index contributed by atoms with van der Waals surface area (Å²) >= 11 is 5.56. The fraction of sp³-hybridized carbons (Fsp3) is 0.567. The second-order valence-electron chi connectivity index (χ2n) is 10.1. The minimum Gasteiger partial charge on any atom is -0.441 e. The molecule has 0 atom stereocenters. The summed E-state index contributed by atoms with van der Waals surface area (Å²) in [6.07, 6.45) is 17.0. The topological polar surface area (TPSA) is 13.1 Å². The zero-order valence-corrected chi connectivity index (χ0v) is 21.2. The highest BCUT2D eigenvalue weighted by Crippen LogP contribution is 2.39. The average Bonchev–Trinajstić information content (AvgIpc) is 2.84. The molecule has 1 fully saturated rings. The van der Waals surface area contributed by atoms with Crippen molar-refractivity contribution in [2.75, 3.05) is 0 Å². The lowest BCUT2D eigenvalue weighted by Gasteiger charge is -2.29. The number of hydrogen-bond donors (Lipinski definition) is 0. The molecule has 0 amide bonds. The Morgan fingerprint density at radius 3 is 2.27 bits per heavy atom. The highest BCUT2D eigenvalue weighted by molar-refractivity contribution is 7.71. The van der Waals surface area contributed by atoms with Gasteiger partial charge in [0, 0.05) is 10.8 Å². The Labute approximate surface area is 203 Å². The van der Waals surface area contributed by atoms with Crippen LogP contribution in [0.4, 0.5) is 4.39 Å². The van der Waals surface area contributed by atoms with Gasteiger partial charge in [-0.2, -0.15) is 0 Å². The summed E-state index contributed by atoms with van der Waals surface area (Å²) in [5, 5.41) is 2.77. The second-order valence-corrected chi connectivity index (χ2v) is 10.5. The Balaban J connectivity index is 1.39. The van der Waals surface area contributed by atoms with E-state index in [-0.39, 0.29) is 5.82 Å². The Kier molecular flexibility index (Phi) is 8.57. The first-order chi connectivity index (χ1) is 16.1. The predicted octanol–water partition coefficient (Wildman–Crippen LogP) is 10.4.